The van der Waals surface area contributed by atoms with Crippen LogP contribution in [0.1, 0.15) is 37.0 Å². The number of anilines is 1. The van der Waals surface area contributed by atoms with Crippen molar-refractivity contribution >= 4 is 39.1 Å². The van der Waals surface area contributed by atoms with E-state index >= 15 is 0 Å². The largest absolute Gasteiger partial charge is 0.352 e. The van der Waals surface area contributed by atoms with E-state index in [2.05, 4.69) is 5.32 Å². The van der Waals surface area contributed by atoms with Gasteiger partial charge >= 0.3 is 0 Å². The second-order valence-electron chi connectivity index (χ2n) is 9.78. The van der Waals surface area contributed by atoms with Crippen molar-refractivity contribution in [2.24, 2.45) is 0 Å². The number of aryl methyl sites for hydroxylation is 1. The number of rotatable bonds is 12. The highest BCUT2D eigenvalue weighted by atomic mass is 35.5. The van der Waals surface area contributed by atoms with Crippen LogP contribution in [-0.4, -0.2) is 50.0 Å². The number of hydrogen-bond acceptors (Lipinski definition) is 4. The van der Waals surface area contributed by atoms with Gasteiger partial charge in [0.25, 0.3) is 0 Å². The Morgan fingerprint density at radius 1 is 0.949 bits per heavy atom. The molecule has 39 heavy (non-hydrogen) atoms. The molecule has 0 bridgehead atoms. The van der Waals surface area contributed by atoms with Crippen LogP contribution in [0, 0.1) is 6.92 Å². The number of benzene rings is 3. The first-order chi connectivity index (χ1) is 18.5. The number of carbonyl (C=O) groups excluding carboxylic acids is 2. The minimum Gasteiger partial charge on any atom is -0.352 e. The zero-order chi connectivity index (χ0) is 28.6. The molecule has 7 nitrogen and oxygen atoms in total. The van der Waals surface area contributed by atoms with Gasteiger partial charge in [-0.15, -0.1) is 0 Å². The first-order valence-electron chi connectivity index (χ1n) is 12.9. The Labute approximate surface area is 236 Å². The van der Waals surface area contributed by atoms with Crippen LogP contribution in [0.5, 0.6) is 0 Å². The van der Waals surface area contributed by atoms with Gasteiger partial charge in [0.1, 0.15) is 12.6 Å². The summed E-state index contributed by atoms with van der Waals surface area (Å²) in [6.45, 7) is 5.40. The third-order valence-corrected chi connectivity index (χ3v) is 7.89. The van der Waals surface area contributed by atoms with Crippen LogP contribution in [-0.2, 0) is 32.6 Å². The molecule has 3 aromatic rings. The maximum absolute atomic E-state index is 14.0. The van der Waals surface area contributed by atoms with E-state index in [1.165, 1.54) is 4.90 Å². The van der Waals surface area contributed by atoms with Crippen LogP contribution in [0.25, 0.3) is 0 Å². The predicted molar refractivity (Wildman–Crippen MR) is 157 cm³/mol. The van der Waals surface area contributed by atoms with Crippen LogP contribution in [0.15, 0.2) is 78.9 Å². The molecule has 0 spiro atoms. The Balaban J connectivity index is 2.05. The third kappa shape index (κ3) is 8.83. The smallest absolute Gasteiger partial charge is 0.244 e. The fourth-order valence-electron chi connectivity index (χ4n) is 4.15. The lowest BCUT2D eigenvalue weighted by molar-refractivity contribution is -0.140. The average Bonchev–Trinajstić information content (AvgIpc) is 2.89. The van der Waals surface area contributed by atoms with E-state index in [0.717, 1.165) is 33.7 Å². The van der Waals surface area contributed by atoms with Crippen LogP contribution >= 0.6 is 11.6 Å². The quantitative estimate of drug-likeness (QED) is 0.334. The van der Waals surface area contributed by atoms with Gasteiger partial charge in [-0.2, -0.15) is 0 Å². The van der Waals surface area contributed by atoms with E-state index < -0.39 is 28.5 Å². The molecule has 0 saturated carbocycles. The third-order valence-electron chi connectivity index (χ3n) is 6.52. The summed E-state index contributed by atoms with van der Waals surface area (Å²) >= 11 is 6.23. The lowest BCUT2D eigenvalue weighted by atomic mass is 10.0. The zero-order valence-electron chi connectivity index (χ0n) is 22.8. The summed E-state index contributed by atoms with van der Waals surface area (Å²) < 4.78 is 26.7. The van der Waals surface area contributed by atoms with Gasteiger partial charge in [-0.25, -0.2) is 8.42 Å². The van der Waals surface area contributed by atoms with Crippen molar-refractivity contribution in [3.8, 4) is 0 Å². The zero-order valence-corrected chi connectivity index (χ0v) is 24.4. The molecule has 0 aliphatic heterocycles. The Morgan fingerprint density at radius 2 is 1.59 bits per heavy atom. The highest BCUT2D eigenvalue weighted by molar-refractivity contribution is 7.92. The molecule has 2 atom stereocenters. The lowest BCUT2D eigenvalue weighted by Crippen LogP contribution is -2.54. The number of nitrogens with one attached hydrogen (secondary N) is 1. The molecule has 0 radical (unpaired) electrons. The number of carbonyl (C=O) groups is 2. The molecule has 0 heterocycles. The van der Waals surface area contributed by atoms with Gasteiger partial charge in [0.15, 0.2) is 0 Å². The molecule has 0 unspecified atom stereocenters. The fraction of sp³-hybridized carbons (Fsp3) is 0.333. The molecule has 0 aliphatic carbocycles. The van der Waals surface area contributed by atoms with Crippen molar-refractivity contribution in [3.05, 3.63) is 101 Å². The van der Waals surface area contributed by atoms with Crippen molar-refractivity contribution in [3.63, 3.8) is 0 Å². The van der Waals surface area contributed by atoms with Crippen LogP contribution in [0.4, 0.5) is 5.69 Å². The fourth-order valence-corrected chi connectivity index (χ4v) is 5.21. The summed E-state index contributed by atoms with van der Waals surface area (Å²) in [5, 5.41) is 3.51. The normalized spacial score (nSPS) is 12.8. The minimum atomic E-state index is -3.80. The van der Waals surface area contributed by atoms with E-state index in [0.29, 0.717) is 10.7 Å². The van der Waals surface area contributed by atoms with Crippen LogP contribution < -0.4 is 9.62 Å². The molecule has 9 heteroatoms. The lowest BCUT2D eigenvalue weighted by Gasteiger charge is -2.34. The standard InChI is InChI=1S/C30H36ClN3O4S/c1-5-23(3)32-30(36)28(19-24-10-7-6-8-11-24)33(20-25-12-9-13-26(31)18-25)29(35)21-34(39(4,37)38)27-16-14-22(2)15-17-27/h6-18,23,28H,5,19-21H2,1-4H3,(H,32,36)/t23-,28-/m0/s1. The maximum atomic E-state index is 14.0. The van der Waals surface area contributed by atoms with Crippen molar-refractivity contribution in [1.82, 2.24) is 10.2 Å². The topological polar surface area (TPSA) is 86.8 Å². The molecule has 3 rings (SSSR count). The molecule has 0 fully saturated rings. The SMILES string of the molecule is CC[C@H](C)NC(=O)[C@H](Cc1ccccc1)N(Cc1cccc(Cl)c1)C(=O)CN(c1ccc(C)cc1)S(C)(=O)=O. The van der Waals surface area contributed by atoms with E-state index in [1.54, 1.807) is 42.5 Å². The maximum Gasteiger partial charge on any atom is 0.244 e. The van der Waals surface area contributed by atoms with Gasteiger partial charge in [0.2, 0.25) is 21.8 Å². The van der Waals surface area contributed by atoms with E-state index in [4.69, 9.17) is 11.6 Å². The Morgan fingerprint density at radius 3 is 2.18 bits per heavy atom. The highest BCUT2D eigenvalue weighted by Gasteiger charge is 2.33. The van der Waals surface area contributed by atoms with Gasteiger partial charge in [-0.3, -0.25) is 13.9 Å². The van der Waals surface area contributed by atoms with Crippen LogP contribution in [0.3, 0.4) is 0 Å². The summed E-state index contributed by atoms with van der Waals surface area (Å²) in [5.74, 6) is -0.800. The average molecular weight is 570 g/mol. The first-order valence-corrected chi connectivity index (χ1v) is 15.1. The monoisotopic (exact) mass is 569 g/mol. The second kappa shape index (κ2) is 13.6. The molecular weight excluding hydrogens is 534 g/mol. The molecule has 0 saturated heterocycles. The molecule has 2 amide bonds. The van der Waals surface area contributed by atoms with Crippen molar-refractivity contribution in [2.45, 2.75) is 52.2 Å². The second-order valence-corrected chi connectivity index (χ2v) is 12.1. The molecular formula is C30H36ClN3O4S. The van der Waals surface area contributed by atoms with Gasteiger partial charge in [-0.05, 0) is 55.7 Å². The summed E-state index contributed by atoms with van der Waals surface area (Å²) in [6, 6.07) is 22.5. The highest BCUT2D eigenvalue weighted by Crippen LogP contribution is 2.22. The summed E-state index contributed by atoms with van der Waals surface area (Å²) in [7, 11) is -3.80. The first kappa shape index (κ1) is 30.2. The predicted octanol–water partition coefficient (Wildman–Crippen LogP) is 4.97. The molecule has 1 N–H and O–H groups in total. The van der Waals surface area contributed by atoms with E-state index in [1.807, 2.05) is 57.2 Å². The molecule has 0 aromatic heterocycles. The molecule has 3 aromatic carbocycles. The van der Waals surface area contributed by atoms with Crippen molar-refractivity contribution < 1.29 is 18.0 Å². The summed E-state index contributed by atoms with van der Waals surface area (Å²) in [6.07, 6.45) is 2.05. The Kier molecular flexibility index (Phi) is 10.5. The van der Waals surface area contributed by atoms with Gasteiger partial charge < -0.3 is 10.2 Å². The Bertz CT molecular complexity index is 1360. The van der Waals surface area contributed by atoms with Crippen molar-refractivity contribution in [1.29, 1.82) is 0 Å². The van der Waals surface area contributed by atoms with Crippen molar-refractivity contribution in [2.75, 3.05) is 17.1 Å². The molecule has 208 valence electrons. The van der Waals surface area contributed by atoms with Gasteiger partial charge in [-0.1, -0.05) is 78.7 Å². The number of amides is 2. The van der Waals surface area contributed by atoms with E-state index in [9.17, 15) is 18.0 Å². The molecule has 0 aliphatic rings. The number of hydrogen-bond donors (Lipinski definition) is 1. The number of sulfonamides is 1. The number of nitrogens with zero attached hydrogens (tertiary/aromatic N) is 2. The number of halogens is 1. The van der Waals surface area contributed by atoms with Gasteiger partial charge in [0.05, 0.1) is 11.9 Å². The van der Waals surface area contributed by atoms with Gasteiger partial charge in [0, 0.05) is 24.0 Å². The van der Waals surface area contributed by atoms with E-state index in [-0.39, 0.29) is 24.9 Å². The summed E-state index contributed by atoms with van der Waals surface area (Å²) in [5.41, 5.74) is 2.95. The Hall–Kier alpha value is -3.36. The minimum absolute atomic E-state index is 0.0797. The summed E-state index contributed by atoms with van der Waals surface area (Å²) in [4.78, 5) is 29.1. The van der Waals surface area contributed by atoms with Crippen LogP contribution in [0.2, 0.25) is 5.02 Å².